The maximum Gasteiger partial charge on any atom is 0.0449 e. The summed E-state index contributed by atoms with van der Waals surface area (Å²) in [7, 11) is 0. The van der Waals surface area contributed by atoms with Crippen LogP contribution in [0.25, 0.3) is 6.08 Å². The summed E-state index contributed by atoms with van der Waals surface area (Å²) >= 11 is 5.67. The summed E-state index contributed by atoms with van der Waals surface area (Å²) in [6.45, 7) is 8.79. The lowest BCUT2D eigenvalue weighted by Crippen LogP contribution is -1.95. The highest BCUT2D eigenvalue weighted by atomic mass is 32.1. The number of benzene rings is 2. The number of unbranched alkanes of at least 4 members (excludes halogenated alkanes) is 9. The summed E-state index contributed by atoms with van der Waals surface area (Å²) in [4.78, 5) is 0.907. The Labute approximate surface area is 197 Å². The number of allylic oxidation sites excluding steroid dienone is 1. The van der Waals surface area contributed by atoms with Gasteiger partial charge in [-0.05, 0) is 67.5 Å². The molecule has 0 radical (unpaired) electrons. The molecule has 0 unspecified atom stereocenters. The zero-order chi connectivity index (χ0) is 22.5. The second kappa shape index (κ2) is 14.4. The molecule has 168 valence electrons. The van der Waals surface area contributed by atoms with E-state index in [1.54, 1.807) is 0 Å². The van der Waals surface area contributed by atoms with Crippen molar-refractivity contribution >= 4 is 23.2 Å². The third-order valence-electron chi connectivity index (χ3n) is 6.32. The van der Waals surface area contributed by atoms with Crippen LogP contribution in [0.2, 0.25) is 0 Å². The van der Waals surface area contributed by atoms with Crippen LogP contribution < -0.4 is 0 Å². The zero-order valence-corrected chi connectivity index (χ0v) is 21.1. The molecular weight excluding hydrogens is 392 g/mol. The fourth-order valence-electron chi connectivity index (χ4n) is 4.16. The first-order valence-electron chi connectivity index (χ1n) is 12.4. The maximum atomic E-state index is 5.67. The normalized spacial score (nSPS) is 11.4. The molecule has 1 heteroatoms. The Bertz CT molecular complexity index is 826. The molecule has 0 aliphatic rings. The third-order valence-corrected chi connectivity index (χ3v) is 6.70. The summed E-state index contributed by atoms with van der Waals surface area (Å²) < 4.78 is 0. The molecule has 31 heavy (non-hydrogen) atoms. The van der Waals surface area contributed by atoms with Crippen LogP contribution in [-0.4, -0.2) is 4.86 Å². The van der Waals surface area contributed by atoms with Crippen molar-refractivity contribution in [1.82, 2.24) is 0 Å². The lowest BCUT2D eigenvalue weighted by Gasteiger charge is -2.07. The molecule has 0 saturated carbocycles. The zero-order valence-electron chi connectivity index (χ0n) is 20.3. The standard InChI is InChI=1S/C30H42S/c1-5-6-7-8-9-10-11-12-13-14-15-27-16-18-28(19-17-27)30(31)21-20-29-23-24(2)22-25(3)26(29)4/h16-23H,5-15H2,1-4H3. The number of rotatable bonds is 14. The molecule has 2 rings (SSSR count). The monoisotopic (exact) mass is 434 g/mol. The summed E-state index contributed by atoms with van der Waals surface area (Å²) in [5.74, 6) is 0. The molecule has 0 saturated heterocycles. The van der Waals surface area contributed by atoms with Crippen LogP contribution in [0.3, 0.4) is 0 Å². The van der Waals surface area contributed by atoms with Crippen molar-refractivity contribution in [1.29, 1.82) is 0 Å². The minimum absolute atomic E-state index is 0.907. The minimum Gasteiger partial charge on any atom is -0.0795 e. The Morgan fingerprint density at radius 3 is 1.97 bits per heavy atom. The van der Waals surface area contributed by atoms with Crippen molar-refractivity contribution < 1.29 is 0 Å². The second-order valence-corrected chi connectivity index (χ2v) is 9.56. The number of hydrogen-bond donors (Lipinski definition) is 0. The quantitative estimate of drug-likeness (QED) is 0.123. The number of hydrogen-bond acceptors (Lipinski definition) is 1. The van der Waals surface area contributed by atoms with Crippen LogP contribution in [0.15, 0.2) is 42.5 Å². The highest BCUT2D eigenvalue weighted by Crippen LogP contribution is 2.18. The summed E-state index contributed by atoms with van der Waals surface area (Å²) in [6.07, 6.45) is 19.3. The Morgan fingerprint density at radius 1 is 0.774 bits per heavy atom. The molecule has 0 fully saturated rings. The molecule has 0 spiro atoms. The lowest BCUT2D eigenvalue weighted by molar-refractivity contribution is 0.556. The van der Waals surface area contributed by atoms with Crippen molar-refractivity contribution in [2.24, 2.45) is 0 Å². The smallest absolute Gasteiger partial charge is 0.0449 e. The first-order chi connectivity index (χ1) is 15.0. The van der Waals surface area contributed by atoms with Crippen LogP contribution in [-0.2, 0) is 6.42 Å². The van der Waals surface area contributed by atoms with E-state index >= 15 is 0 Å². The Kier molecular flexibility index (Phi) is 11.8. The molecule has 0 aliphatic heterocycles. The molecular formula is C30H42S. The summed E-state index contributed by atoms with van der Waals surface area (Å²) in [5, 5.41) is 0. The van der Waals surface area contributed by atoms with E-state index in [4.69, 9.17) is 12.2 Å². The van der Waals surface area contributed by atoms with Crippen LogP contribution in [0, 0.1) is 20.8 Å². The van der Waals surface area contributed by atoms with Crippen molar-refractivity contribution in [3.8, 4) is 0 Å². The van der Waals surface area contributed by atoms with Gasteiger partial charge < -0.3 is 0 Å². The Hall–Kier alpha value is -1.73. The first-order valence-corrected chi connectivity index (χ1v) is 12.8. The lowest BCUT2D eigenvalue weighted by atomic mass is 9.99. The second-order valence-electron chi connectivity index (χ2n) is 9.12. The van der Waals surface area contributed by atoms with Crippen LogP contribution >= 0.6 is 12.2 Å². The number of thiocarbonyl (C=S) groups is 1. The van der Waals surface area contributed by atoms with E-state index in [-0.39, 0.29) is 0 Å². The Balaban J connectivity index is 1.71. The highest BCUT2D eigenvalue weighted by molar-refractivity contribution is 7.81. The van der Waals surface area contributed by atoms with Gasteiger partial charge in [-0.25, -0.2) is 0 Å². The number of aryl methyl sites for hydroxylation is 3. The van der Waals surface area contributed by atoms with Gasteiger partial charge in [0.2, 0.25) is 0 Å². The minimum atomic E-state index is 0.907. The molecule has 2 aromatic carbocycles. The molecule has 0 heterocycles. The molecule has 0 amide bonds. The van der Waals surface area contributed by atoms with Crippen LogP contribution in [0.1, 0.15) is 105 Å². The van der Waals surface area contributed by atoms with Crippen molar-refractivity contribution in [3.63, 3.8) is 0 Å². The fraction of sp³-hybridized carbons (Fsp3) is 0.500. The molecule has 0 bridgehead atoms. The van der Waals surface area contributed by atoms with Gasteiger partial charge >= 0.3 is 0 Å². The van der Waals surface area contributed by atoms with Gasteiger partial charge in [-0.15, -0.1) is 0 Å². The third kappa shape index (κ3) is 9.52. The predicted octanol–water partition coefficient (Wildman–Crippen LogP) is 9.51. The molecule has 2 aromatic rings. The molecule has 0 N–H and O–H groups in total. The van der Waals surface area contributed by atoms with Crippen molar-refractivity contribution in [2.45, 2.75) is 98.3 Å². The molecule has 0 nitrogen and oxygen atoms in total. The average molecular weight is 435 g/mol. The topological polar surface area (TPSA) is 0 Å². The highest BCUT2D eigenvalue weighted by Gasteiger charge is 2.02. The van der Waals surface area contributed by atoms with E-state index in [0.29, 0.717) is 0 Å². The van der Waals surface area contributed by atoms with Gasteiger partial charge in [0.15, 0.2) is 0 Å². The van der Waals surface area contributed by atoms with E-state index in [9.17, 15) is 0 Å². The van der Waals surface area contributed by atoms with E-state index < -0.39 is 0 Å². The van der Waals surface area contributed by atoms with Gasteiger partial charge in [0.1, 0.15) is 0 Å². The van der Waals surface area contributed by atoms with Crippen LogP contribution in [0.4, 0.5) is 0 Å². The van der Waals surface area contributed by atoms with E-state index in [1.807, 2.05) is 0 Å². The van der Waals surface area contributed by atoms with Crippen molar-refractivity contribution in [3.05, 3.63) is 75.9 Å². The van der Waals surface area contributed by atoms with Gasteiger partial charge in [0.05, 0.1) is 0 Å². The average Bonchev–Trinajstić information content (AvgIpc) is 2.76. The predicted molar refractivity (Wildman–Crippen MR) is 143 cm³/mol. The van der Waals surface area contributed by atoms with Gasteiger partial charge in [-0.3, -0.25) is 0 Å². The van der Waals surface area contributed by atoms with Gasteiger partial charge in [0, 0.05) is 4.86 Å². The first kappa shape index (κ1) is 25.5. The van der Waals surface area contributed by atoms with Gasteiger partial charge in [-0.1, -0.05) is 125 Å². The van der Waals surface area contributed by atoms with Gasteiger partial charge in [-0.2, -0.15) is 0 Å². The Morgan fingerprint density at radius 2 is 1.35 bits per heavy atom. The molecule has 0 aromatic heterocycles. The SMILES string of the molecule is CCCCCCCCCCCCc1ccc(C(=S)C=Cc2cc(C)cc(C)c2C)cc1. The fourth-order valence-corrected chi connectivity index (χ4v) is 4.36. The maximum absolute atomic E-state index is 5.67. The largest absolute Gasteiger partial charge is 0.0795 e. The van der Waals surface area contributed by atoms with Crippen LogP contribution in [0.5, 0.6) is 0 Å². The van der Waals surface area contributed by atoms with E-state index in [2.05, 4.69) is 76.2 Å². The van der Waals surface area contributed by atoms with Gasteiger partial charge in [0.25, 0.3) is 0 Å². The van der Waals surface area contributed by atoms with E-state index in [1.165, 1.54) is 98.4 Å². The van der Waals surface area contributed by atoms with E-state index in [0.717, 1.165) is 10.4 Å². The molecule has 0 aliphatic carbocycles. The van der Waals surface area contributed by atoms with Crippen molar-refractivity contribution in [2.75, 3.05) is 0 Å². The molecule has 0 atom stereocenters. The summed E-state index contributed by atoms with van der Waals surface area (Å²) in [5.41, 5.74) is 7.79. The summed E-state index contributed by atoms with van der Waals surface area (Å²) in [6, 6.07) is 13.4.